The average Bonchev–Trinajstić information content (AvgIpc) is 2.25. The van der Waals surface area contributed by atoms with Crippen LogP contribution in [0.3, 0.4) is 0 Å². The van der Waals surface area contributed by atoms with Gasteiger partial charge in [0.05, 0.1) is 13.3 Å². The van der Waals surface area contributed by atoms with Gasteiger partial charge in [-0.2, -0.15) is 0 Å². The summed E-state index contributed by atoms with van der Waals surface area (Å²) in [5.41, 5.74) is 0. The highest BCUT2D eigenvalue weighted by molar-refractivity contribution is 8.00. The van der Waals surface area contributed by atoms with Crippen molar-refractivity contribution in [1.82, 2.24) is 0 Å². The quantitative estimate of drug-likeness (QED) is 0.469. The molecule has 4 heteroatoms. The summed E-state index contributed by atoms with van der Waals surface area (Å²) in [6.45, 7) is 8.28. The van der Waals surface area contributed by atoms with Crippen LogP contribution in [0.2, 0.25) is 0 Å². The molecule has 0 aliphatic heterocycles. The van der Waals surface area contributed by atoms with E-state index in [1.54, 1.807) is 11.8 Å². The highest BCUT2D eigenvalue weighted by Gasteiger charge is 2.24. The van der Waals surface area contributed by atoms with Crippen LogP contribution in [0, 0.1) is 11.8 Å². The Morgan fingerprint density at radius 3 is 2.35 bits per heavy atom. The zero-order valence-corrected chi connectivity index (χ0v) is 12.2. The van der Waals surface area contributed by atoms with Crippen molar-refractivity contribution in [3.63, 3.8) is 0 Å². The molecule has 0 aromatic heterocycles. The molecule has 0 saturated carbocycles. The van der Waals surface area contributed by atoms with E-state index in [4.69, 9.17) is 4.74 Å². The smallest absolute Gasteiger partial charge is 0.319 e. The fourth-order valence-corrected chi connectivity index (χ4v) is 2.48. The molecule has 0 rings (SSSR count). The summed E-state index contributed by atoms with van der Waals surface area (Å²) >= 11 is 1.59. The lowest BCUT2D eigenvalue weighted by molar-refractivity contribution is -0.144. The first-order valence-corrected chi connectivity index (χ1v) is 7.38. The number of carbonyl (C=O) groups is 1. The Kier molecular flexibility index (Phi) is 9.60. The molecule has 0 amide bonds. The van der Waals surface area contributed by atoms with Gasteiger partial charge in [0, 0.05) is 0 Å². The van der Waals surface area contributed by atoms with E-state index in [2.05, 4.69) is 0 Å². The van der Waals surface area contributed by atoms with Gasteiger partial charge in [-0.25, -0.2) is 0 Å². The number of alkyl halides is 1. The summed E-state index contributed by atoms with van der Waals surface area (Å²) in [7, 11) is 0. The Morgan fingerprint density at radius 1 is 1.24 bits per heavy atom. The Labute approximate surface area is 109 Å². The van der Waals surface area contributed by atoms with E-state index in [0.717, 1.165) is 12.2 Å². The number of rotatable bonds is 9. The van der Waals surface area contributed by atoms with Gasteiger partial charge in [0.1, 0.15) is 5.25 Å². The van der Waals surface area contributed by atoms with Gasteiger partial charge in [-0.05, 0) is 30.4 Å². The molecular formula is C13H25FO2S. The maximum absolute atomic E-state index is 11.9. The second-order valence-corrected chi connectivity index (χ2v) is 6.20. The number of esters is 1. The van der Waals surface area contributed by atoms with Gasteiger partial charge >= 0.3 is 5.97 Å². The molecule has 0 aromatic carbocycles. The second kappa shape index (κ2) is 9.75. The zero-order chi connectivity index (χ0) is 13.3. The van der Waals surface area contributed by atoms with Gasteiger partial charge in [-0.3, -0.25) is 9.18 Å². The molecular weight excluding hydrogens is 239 g/mol. The zero-order valence-electron chi connectivity index (χ0n) is 11.4. The van der Waals surface area contributed by atoms with Crippen LogP contribution in [0.1, 0.15) is 40.5 Å². The van der Waals surface area contributed by atoms with Crippen LogP contribution >= 0.6 is 11.8 Å². The van der Waals surface area contributed by atoms with Gasteiger partial charge in [-0.15, -0.1) is 11.8 Å². The third-order valence-electron chi connectivity index (χ3n) is 2.22. The molecule has 0 radical (unpaired) electrons. The van der Waals surface area contributed by atoms with E-state index in [9.17, 15) is 9.18 Å². The van der Waals surface area contributed by atoms with Crippen LogP contribution in [0.5, 0.6) is 0 Å². The minimum atomic E-state index is -0.273. The van der Waals surface area contributed by atoms with Gasteiger partial charge in [0.15, 0.2) is 0 Å². The van der Waals surface area contributed by atoms with Crippen LogP contribution < -0.4 is 0 Å². The first kappa shape index (κ1) is 16.8. The van der Waals surface area contributed by atoms with Crippen molar-refractivity contribution in [2.24, 2.45) is 11.8 Å². The largest absolute Gasteiger partial charge is 0.465 e. The Morgan fingerprint density at radius 2 is 1.88 bits per heavy atom. The SMILES string of the molecule is CC(C)COC(=O)C(SCCCCF)C(C)C. The summed E-state index contributed by atoms with van der Waals surface area (Å²) in [5.74, 6) is 1.32. The number of ether oxygens (including phenoxy) is 1. The number of hydrogen-bond donors (Lipinski definition) is 0. The lowest BCUT2D eigenvalue weighted by Crippen LogP contribution is -2.27. The molecule has 2 nitrogen and oxygen atoms in total. The normalized spacial score (nSPS) is 13.1. The van der Waals surface area contributed by atoms with E-state index in [-0.39, 0.29) is 23.8 Å². The molecule has 0 aliphatic carbocycles. The van der Waals surface area contributed by atoms with Crippen LogP contribution in [0.15, 0.2) is 0 Å². The van der Waals surface area contributed by atoms with Crippen LogP contribution in [-0.4, -0.2) is 30.3 Å². The second-order valence-electron chi connectivity index (χ2n) is 4.96. The molecule has 0 aromatic rings. The molecule has 0 spiro atoms. The first-order chi connectivity index (χ1) is 7.99. The van der Waals surface area contributed by atoms with Crippen molar-refractivity contribution >= 4 is 17.7 Å². The van der Waals surface area contributed by atoms with Crippen molar-refractivity contribution in [2.45, 2.75) is 45.8 Å². The van der Waals surface area contributed by atoms with Crippen LogP contribution in [0.4, 0.5) is 4.39 Å². The maximum Gasteiger partial charge on any atom is 0.319 e. The Hall–Kier alpha value is -0.250. The summed E-state index contributed by atoms with van der Waals surface area (Å²) in [5, 5.41) is -0.117. The molecule has 0 fully saturated rings. The molecule has 0 heterocycles. The summed E-state index contributed by atoms with van der Waals surface area (Å²) in [6.07, 6.45) is 1.40. The van der Waals surface area contributed by atoms with Gasteiger partial charge < -0.3 is 4.74 Å². The van der Waals surface area contributed by atoms with E-state index in [1.165, 1.54) is 0 Å². The Bertz CT molecular complexity index is 208. The third-order valence-corrected chi connectivity index (χ3v) is 3.84. The van der Waals surface area contributed by atoms with Gasteiger partial charge in [0.25, 0.3) is 0 Å². The molecule has 102 valence electrons. The molecule has 1 atom stereocenters. The topological polar surface area (TPSA) is 26.3 Å². The standard InChI is InChI=1S/C13H25FO2S/c1-10(2)9-16-13(15)12(11(3)4)17-8-6-5-7-14/h10-12H,5-9H2,1-4H3. The third kappa shape index (κ3) is 8.47. The summed E-state index contributed by atoms with van der Waals surface area (Å²) in [4.78, 5) is 11.8. The van der Waals surface area contributed by atoms with Crippen molar-refractivity contribution in [3.8, 4) is 0 Å². The number of thioether (sulfide) groups is 1. The number of halogens is 1. The highest BCUT2D eigenvalue weighted by Crippen LogP contribution is 2.22. The number of carbonyl (C=O) groups excluding carboxylic acids is 1. The van der Waals surface area contributed by atoms with Crippen LogP contribution in [0.25, 0.3) is 0 Å². The van der Waals surface area contributed by atoms with E-state index in [0.29, 0.717) is 18.9 Å². The lowest BCUT2D eigenvalue weighted by atomic mass is 10.1. The van der Waals surface area contributed by atoms with E-state index in [1.807, 2.05) is 27.7 Å². The summed E-state index contributed by atoms with van der Waals surface area (Å²) < 4.78 is 17.2. The molecule has 0 aliphatic rings. The number of unbranched alkanes of at least 4 members (excludes halogenated alkanes) is 1. The fraction of sp³-hybridized carbons (Fsp3) is 0.923. The van der Waals surface area contributed by atoms with Crippen LogP contribution in [-0.2, 0) is 9.53 Å². The van der Waals surface area contributed by atoms with E-state index >= 15 is 0 Å². The van der Waals surface area contributed by atoms with Gasteiger partial charge in [0.2, 0.25) is 0 Å². The fourth-order valence-electron chi connectivity index (χ4n) is 1.27. The molecule has 0 bridgehead atoms. The molecule has 0 N–H and O–H groups in total. The average molecular weight is 264 g/mol. The summed E-state index contributed by atoms with van der Waals surface area (Å²) in [6, 6.07) is 0. The minimum Gasteiger partial charge on any atom is -0.465 e. The Balaban J connectivity index is 3.99. The highest BCUT2D eigenvalue weighted by atomic mass is 32.2. The van der Waals surface area contributed by atoms with Crippen molar-refractivity contribution < 1.29 is 13.9 Å². The van der Waals surface area contributed by atoms with Gasteiger partial charge in [-0.1, -0.05) is 27.7 Å². The van der Waals surface area contributed by atoms with E-state index < -0.39 is 0 Å². The predicted octanol–water partition coefficient (Wildman–Crippen LogP) is 3.69. The van der Waals surface area contributed by atoms with Crippen molar-refractivity contribution in [1.29, 1.82) is 0 Å². The first-order valence-electron chi connectivity index (χ1n) is 6.33. The van der Waals surface area contributed by atoms with Crippen molar-refractivity contribution in [2.75, 3.05) is 19.0 Å². The molecule has 17 heavy (non-hydrogen) atoms. The lowest BCUT2D eigenvalue weighted by Gasteiger charge is -2.19. The predicted molar refractivity (Wildman–Crippen MR) is 72.1 cm³/mol. The minimum absolute atomic E-state index is 0.117. The monoisotopic (exact) mass is 264 g/mol. The number of hydrogen-bond acceptors (Lipinski definition) is 3. The maximum atomic E-state index is 11.9. The molecule has 1 unspecified atom stereocenters. The molecule has 0 saturated heterocycles. The van der Waals surface area contributed by atoms with Crippen molar-refractivity contribution in [3.05, 3.63) is 0 Å².